The molecule has 0 radical (unpaired) electrons. The largest absolute Gasteiger partial charge is 0.444 e. The molecule has 0 fully saturated rings. The topological polar surface area (TPSA) is 38.3 Å². The van der Waals surface area contributed by atoms with Crippen LogP contribution in [0.2, 0.25) is 5.02 Å². The molecule has 0 saturated carbocycles. The van der Waals surface area contributed by atoms with Gasteiger partial charge in [-0.15, -0.1) is 0 Å². The number of hydrogen-bond acceptors (Lipinski definition) is 2. The van der Waals surface area contributed by atoms with Crippen molar-refractivity contribution in [2.75, 3.05) is 5.32 Å². The fraction of sp³-hybridized carbons (Fsp3) is 0.133. The molecule has 122 valence electrons. The molecule has 3 nitrogen and oxygen atoms in total. The van der Waals surface area contributed by atoms with E-state index in [1.807, 2.05) is 0 Å². The number of carbonyl (C=O) groups excluding carboxylic acids is 1. The lowest BCUT2D eigenvalue weighted by Crippen LogP contribution is -2.15. The summed E-state index contributed by atoms with van der Waals surface area (Å²) in [6.07, 6.45) is -5.55. The van der Waals surface area contributed by atoms with E-state index in [2.05, 4.69) is 5.32 Å². The van der Waals surface area contributed by atoms with Crippen molar-refractivity contribution in [3.05, 3.63) is 64.4 Å². The van der Waals surface area contributed by atoms with Crippen LogP contribution in [-0.4, -0.2) is 6.09 Å². The highest BCUT2D eigenvalue weighted by molar-refractivity contribution is 6.31. The Hall–Kier alpha value is -2.28. The van der Waals surface area contributed by atoms with Crippen LogP contribution in [0.1, 0.15) is 11.1 Å². The van der Waals surface area contributed by atoms with Crippen molar-refractivity contribution in [1.29, 1.82) is 0 Å². The molecule has 0 aromatic heterocycles. The van der Waals surface area contributed by atoms with Crippen molar-refractivity contribution in [1.82, 2.24) is 0 Å². The van der Waals surface area contributed by atoms with Crippen LogP contribution < -0.4 is 5.32 Å². The number of carbonyl (C=O) groups is 1. The predicted molar refractivity (Wildman–Crippen MR) is 76.7 cm³/mol. The van der Waals surface area contributed by atoms with Gasteiger partial charge in [0.05, 0.1) is 10.6 Å². The van der Waals surface area contributed by atoms with Gasteiger partial charge in [0, 0.05) is 11.3 Å². The molecule has 0 unspecified atom stereocenters. The molecule has 23 heavy (non-hydrogen) atoms. The van der Waals surface area contributed by atoms with Gasteiger partial charge in [-0.3, -0.25) is 5.32 Å². The number of anilines is 1. The second-order valence-corrected chi connectivity index (χ2v) is 4.89. The Bertz CT molecular complexity index is 699. The molecular formula is C15H10ClF4NO2. The number of alkyl halides is 3. The van der Waals surface area contributed by atoms with E-state index in [0.29, 0.717) is 0 Å². The third kappa shape index (κ3) is 4.59. The van der Waals surface area contributed by atoms with Crippen LogP contribution in [0.15, 0.2) is 42.5 Å². The molecule has 0 atom stereocenters. The van der Waals surface area contributed by atoms with Crippen LogP contribution in [-0.2, 0) is 17.5 Å². The Balaban J connectivity index is 2.00. The summed E-state index contributed by atoms with van der Waals surface area (Å²) in [5.41, 5.74) is -1.02. The van der Waals surface area contributed by atoms with Gasteiger partial charge in [-0.25, -0.2) is 9.18 Å². The van der Waals surface area contributed by atoms with Gasteiger partial charge in [0.1, 0.15) is 12.4 Å². The van der Waals surface area contributed by atoms with Gasteiger partial charge in [-0.05, 0) is 30.3 Å². The zero-order valence-corrected chi connectivity index (χ0v) is 12.2. The summed E-state index contributed by atoms with van der Waals surface area (Å²) in [6, 6.07) is 8.01. The summed E-state index contributed by atoms with van der Waals surface area (Å²) in [7, 11) is 0. The molecule has 0 aliphatic heterocycles. The van der Waals surface area contributed by atoms with Gasteiger partial charge in [-0.2, -0.15) is 13.2 Å². The highest BCUT2D eigenvalue weighted by atomic mass is 35.5. The van der Waals surface area contributed by atoms with E-state index < -0.39 is 30.3 Å². The average Bonchev–Trinajstić information content (AvgIpc) is 2.46. The zero-order valence-electron chi connectivity index (χ0n) is 11.5. The first-order valence-corrected chi connectivity index (χ1v) is 6.69. The molecule has 2 aromatic carbocycles. The van der Waals surface area contributed by atoms with Crippen LogP contribution in [0.5, 0.6) is 0 Å². The lowest BCUT2D eigenvalue weighted by atomic mass is 10.2. The van der Waals surface area contributed by atoms with Crippen molar-refractivity contribution >= 4 is 23.4 Å². The number of benzene rings is 2. The third-order valence-corrected chi connectivity index (χ3v) is 3.20. The molecule has 0 spiro atoms. The molecule has 2 aromatic rings. The van der Waals surface area contributed by atoms with Crippen molar-refractivity contribution in [2.45, 2.75) is 12.8 Å². The van der Waals surface area contributed by atoms with E-state index >= 15 is 0 Å². The van der Waals surface area contributed by atoms with Gasteiger partial charge in [0.2, 0.25) is 0 Å². The van der Waals surface area contributed by atoms with Crippen LogP contribution in [0.4, 0.5) is 28.0 Å². The minimum absolute atomic E-state index is 0.0200. The Morgan fingerprint density at radius 1 is 1.17 bits per heavy atom. The van der Waals surface area contributed by atoms with Crippen LogP contribution >= 0.6 is 11.6 Å². The maximum Gasteiger partial charge on any atom is 0.416 e. The molecule has 0 heterocycles. The standard InChI is InChI=1S/C15H10ClF4NO2/c16-12-5-2-6-13(17)11(12)8-23-14(22)21-10-4-1-3-9(7-10)15(18,19)20/h1-7H,8H2,(H,21,22). The second-order valence-electron chi connectivity index (χ2n) is 4.48. The lowest BCUT2D eigenvalue weighted by molar-refractivity contribution is -0.137. The van der Waals surface area contributed by atoms with Crippen molar-refractivity contribution < 1.29 is 27.1 Å². The SMILES string of the molecule is O=C(Nc1cccc(C(F)(F)F)c1)OCc1c(F)cccc1Cl. The summed E-state index contributed by atoms with van der Waals surface area (Å²) in [5, 5.41) is 2.22. The fourth-order valence-corrected chi connectivity index (χ4v) is 1.95. The first-order valence-electron chi connectivity index (χ1n) is 6.31. The number of nitrogens with one attached hydrogen (secondary N) is 1. The minimum Gasteiger partial charge on any atom is -0.444 e. The van der Waals surface area contributed by atoms with Crippen LogP contribution in [0, 0.1) is 5.82 Å². The highest BCUT2D eigenvalue weighted by Crippen LogP contribution is 2.30. The van der Waals surface area contributed by atoms with E-state index in [1.165, 1.54) is 18.2 Å². The molecule has 1 amide bonds. The maximum atomic E-state index is 13.5. The molecule has 0 aliphatic rings. The molecule has 0 saturated heterocycles. The molecule has 1 N–H and O–H groups in total. The fourth-order valence-electron chi connectivity index (χ4n) is 1.74. The van der Waals surface area contributed by atoms with E-state index in [-0.39, 0.29) is 16.3 Å². The quantitative estimate of drug-likeness (QED) is 0.770. The number of amides is 1. The maximum absolute atomic E-state index is 13.5. The van der Waals surface area contributed by atoms with E-state index in [9.17, 15) is 22.4 Å². The number of ether oxygens (including phenoxy) is 1. The second kappa shape index (κ2) is 6.87. The number of halogens is 5. The predicted octanol–water partition coefficient (Wildman–Crippen LogP) is 5.25. The van der Waals surface area contributed by atoms with Gasteiger partial charge < -0.3 is 4.74 Å². The van der Waals surface area contributed by atoms with Crippen molar-refractivity contribution in [3.63, 3.8) is 0 Å². The Kier molecular flexibility index (Phi) is 5.10. The summed E-state index contributed by atoms with van der Waals surface area (Å²) < 4.78 is 55.9. The van der Waals surface area contributed by atoms with Gasteiger partial charge in [0.15, 0.2) is 0 Å². The van der Waals surface area contributed by atoms with Gasteiger partial charge in [0.25, 0.3) is 0 Å². The van der Waals surface area contributed by atoms with Crippen LogP contribution in [0.3, 0.4) is 0 Å². The van der Waals surface area contributed by atoms with Gasteiger partial charge in [-0.1, -0.05) is 23.7 Å². The molecule has 0 aliphatic carbocycles. The summed E-state index contributed by atoms with van der Waals surface area (Å²) in [6.45, 7) is -0.448. The van der Waals surface area contributed by atoms with Gasteiger partial charge >= 0.3 is 12.3 Å². The first kappa shape index (κ1) is 17.1. The van der Waals surface area contributed by atoms with E-state index in [4.69, 9.17) is 16.3 Å². The smallest absolute Gasteiger partial charge is 0.416 e. The summed E-state index contributed by atoms with van der Waals surface area (Å²) in [4.78, 5) is 11.6. The highest BCUT2D eigenvalue weighted by Gasteiger charge is 2.30. The summed E-state index contributed by atoms with van der Waals surface area (Å²) in [5.74, 6) is -0.649. The lowest BCUT2D eigenvalue weighted by Gasteiger charge is -2.11. The van der Waals surface area contributed by atoms with Crippen LogP contribution in [0.25, 0.3) is 0 Å². The zero-order chi connectivity index (χ0) is 17.0. The molecular weight excluding hydrogens is 338 g/mol. The Morgan fingerprint density at radius 3 is 2.52 bits per heavy atom. The molecule has 2 rings (SSSR count). The normalized spacial score (nSPS) is 11.2. The third-order valence-electron chi connectivity index (χ3n) is 2.85. The number of rotatable bonds is 3. The first-order chi connectivity index (χ1) is 10.8. The Morgan fingerprint density at radius 2 is 1.87 bits per heavy atom. The van der Waals surface area contributed by atoms with E-state index in [0.717, 1.165) is 24.3 Å². The minimum atomic E-state index is -4.53. The molecule has 8 heteroatoms. The van der Waals surface area contributed by atoms with Crippen molar-refractivity contribution in [3.8, 4) is 0 Å². The Labute approximate surface area is 133 Å². The summed E-state index contributed by atoms with van der Waals surface area (Å²) >= 11 is 5.77. The van der Waals surface area contributed by atoms with Crippen molar-refractivity contribution in [2.24, 2.45) is 0 Å². The van der Waals surface area contributed by atoms with E-state index in [1.54, 1.807) is 0 Å². The average molecular weight is 348 g/mol. The monoisotopic (exact) mass is 347 g/mol. The molecule has 0 bridgehead atoms. The number of hydrogen-bond donors (Lipinski definition) is 1.